The summed E-state index contributed by atoms with van der Waals surface area (Å²) in [7, 11) is 0. The van der Waals surface area contributed by atoms with Gasteiger partial charge in [0.1, 0.15) is 11.4 Å². The first kappa shape index (κ1) is 16.0. The molecule has 0 amide bonds. The van der Waals surface area contributed by atoms with Crippen molar-refractivity contribution in [2.75, 3.05) is 17.2 Å². The van der Waals surface area contributed by atoms with Gasteiger partial charge in [-0.2, -0.15) is 0 Å². The van der Waals surface area contributed by atoms with Gasteiger partial charge in [0.05, 0.1) is 0 Å². The molecule has 0 heterocycles. The number of nitrogens with one attached hydrogen (secondary N) is 2. The van der Waals surface area contributed by atoms with Crippen molar-refractivity contribution in [3.05, 3.63) is 20.4 Å². The van der Waals surface area contributed by atoms with Crippen molar-refractivity contribution in [2.24, 2.45) is 11.7 Å². The van der Waals surface area contributed by atoms with Gasteiger partial charge in [0.15, 0.2) is 0 Å². The van der Waals surface area contributed by atoms with Gasteiger partial charge in [-0.3, -0.25) is 9.59 Å². The van der Waals surface area contributed by atoms with Gasteiger partial charge in [-0.25, -0.2) is 0 Å². The fraction of sp³-hybridized carbons (Fsp3) is 0.750. The third-order valence-corrected chi connectivity index (χ3v) is 4.54. The van der Waals surface area contributed by atoms with Gasteiger partial charge in [-0.05, 0) is 26.2 Å². The van der Waals surface area contributed by atoms with Crippen LogP contribution in [0.3, 0.4) is 0 Å². The maximum atomic E-state index is 11.7. The zero-order valence-electron chi connectivity index (χ0n) is 13.1. The smallest absolute Gasteiger partial charge is 0.253 e. The molecule has 1 aliphatic carbocycles. The minimum atomic E-state index is -0.416. The molecule has 4 N–H and O–H groups in total. The number of nitrogens with two attached hydrogens (primary N) is 1. The van der Waals surface area contributed by atoms with E-state index < -0.39 is 10.9 Å². The molecule has 0 aromatic heterocycles. The van der Waals surface area contributed by atoms with Crippen LogP contribution >= 0.6 is 0 Å². The molecule has 0 saturated heterocycles. The molecule has 0 radical (unpaired) electrons. The second-order valence-electron chi connectivity index (χ2n) is 6.29. The lowest BCUT2D eigenvalue weighted by molar-refractivity contribution is 0.313. The van der Waals surface area contributed by atoms with Crippen LogP contribution in [0.4, 0.5) is 11.4 Å². The summed E-state index contributed by atoms with van der Waals surface area (Å²) in [6, 6.07) is -0.000360. The Morgan fingerprint density at radius 3 is 2.33 bits per heavy atom. The molecule has 0 unspecified atom stereocenters. The zero-order chi connectivity index (χ0) is 15.4. The maximum Gasteiger partial charge on any atom is 0.253 e. The lowest BCUT2D eigenvalue weighted by atomic mass is 9.83. The molecule has 1 fully saturated rings. The summed E-state index contributed by atoms with van der Waals surface area (Å²) in [5, 5.41) is 6.20. The summed E-state index contributed by atoms with van der Waals surface area (Å²) in [6.07, 6.45) is 7.38. The van der Waals surface area contributed by atoms with Crippen LogP contribution in [0.25, 0.3) is 0 Å². The van der Waals surface area contributed by atoms with E-state index in [0.29, 0.717) is 23.8 Å². The molecule has 1 saturated carbocycles. The van der Waals surface area contributed by atoms with E-state index in [1.165, 1.54) is 32.1 Å². The molecule has 1 aromatic rings. The summed E-state index contributed by atoms with van der Waals surface area (Å²) in [5.41, 5.74) is 6.10. The monoisotopic (exact) mass is 293 g/mol. The van der Waals surface area contributed by atoms with Gasteiger partial charge >= 0.3 is 0 Å². The molecule has 1 aromatic carbocycles. The molecule has 21 heavy (non-hydrogen) atoms. The van der Waals surface area contributed by atoms with E-state index in [-0.39, 0.29) is 12.1 Å². The van der Waals surface area contributed by atoms with Gasteiger partial charge in [-0.1, -0.05) is 32.1 Å². The van der Waals surface area contributed by atoms with Gasteiger partial charge in [-0.15, -0.1) is 0 Å². The molecule has 0 bridgehead atoms. The van der Waals surface area contributed by atoms with E-state index in [9.17, 15) is 9.59 Å². The van der Waals surface area contributed by atoms with Crippen LogP contribution in [0.2, 0.25) is 0 Å². The number of hydrogen-bond acceptors (Lipinski definition) is 5. The average molecular weight is 293 g/mol. The van der Waals surface area contributed by atoms with Crippen molar-refractivity contribution in [2.45, 2.75) is 64.5 Å². The topological polar surface area (TPSA) is 84.2 Å². The SMILES string of the molecule is CCNc1c(N[C@@H](CC2CCCCC2)[C@H](C)N)c(=O)c1=O. The first-order valence-corrected chi connectivity index (χ1v) is 8.13. The number of hydrogen-bond donors (Lipinski definition) is 3. The highest BCUT2D eigenvalue weighted by molar-refractivity contribution is 5.74. The van der Waals surface area contributed by atoms with Crippen molar-refractivity contribution < 1.29 is 0 Å². The van der Waals surface area contributed by atoms with E-state index in [1.807, 2.05) is 13.8 Å². The van der Waals surface area contributed by atoms with Gasteiger partial charge < -0.3 is 16.4 Å². The Bertz CT molecular complexity index is 526. The van der Waals surface area contributed by atoms with E-state index in [1.54, 1.807) is 0 Å². The third-order valence-electron chi connectivity index (χ3n) is 4.54. The highest BCUT2D eigenvalue weighted by atomic mass is 16.2. The minimum Gasteiger partial charge on any atom is -0.380 e. The fourth-order valence-electron chi connectivity index (χ4n) is 3.25. The summed E-state index contributed by atoms with van der Waals surface area (Å²) >= 11 is 0. The second-order valence-corrected chi connectivity index (χ2v) is 6.29. The average Bonchev–Trinajstić information content (AvgIpc) is 2.50. The second kappa shape index (κ2) is 7.07. The van der Waals surface area contributed by atoms with Crippen LogP contribution in [0.1, 0.15) is 52.4 Å². The Labute approximate surface area is 126 Å². The van der Waals surface area contributed by atoms with E-state index in [4.69, 9.17) is 5.73 Å². The summed E-state index contributed by atoms with van der Waals surface area (Å²) in [4.78, 5) is 23.3. The summed E-state index contributed by atoms with van der Waals surface area (Å²) in [6.45, 7) is 4.50. The zero-order valence-corrected chi connectivity index (χ0v) is 13.1. The van der Waals surface area contributed by atoms with Crippen LogP contribution in [-0.4, -0.2) is 18.6 Å². The van der Waals surface area contributed by atoms with Crippen LogP contribution in [0.5, 0.6) is 0 Å². The molecular formula is C16H27N3O2. The molecule has 0 spiro atoms. The highest BCUT2D eigenvalue weighted by Crippen LogP contribution is 2.29. The Balaban J connectivity index is 2.04. The number of anilines is 2. The first-order valence-electron chi connectivity index (χ1n) is 8.13. The first-order chi connectivity index (χ1) is 10.0. The molecule has 118 valence electrons. The van der Waals surface area contributed by atoms with Crippen LogP contribution in [0, 0.1) is 5.92 Å². The Morgan fingerprint density at radius 1 is 1.14 bits per heavy atom. The summed E-state index contributed by atoms with van der Waals surface area (Å²) < 4.78 is 0. The minimum absolute atomic E-state index is 0.0498. The van der Waals surface area contributed by atoms with Crippen LogP contribution < -0.4 is 27.2 Å². The molecule has 1 aliphatic rings. The standard InChI is InChI=1S/C16H27N3O2/c1-3-18-13-14(16(21)15(13)20)19-12(10(2)17)9-11-7-5-4-6-8-11/h10-12,18-19H,3-9,17H2,1-2H3/t10-,12-/m0/s1. The van der Waals surface area contributed by atoms with E-state index in [2.05, 4.69) is 10.6 Å². The normalized spacial score (nSPS) is 19.4. The maximum absolute atomic E-state index is 11.7. The molecule has 0 aliphatic heterocycles. The molecule has 5 heteroatoms. The van der Waals surface area contributed by atoms with Gasteiger partial charge in [0, 0.05) is 18.6 Å². The molecule has 2 rings (SSSR count). The number of rotatable bonds is 7. The van der Waals surface area contributed by atoms with Crippen molar-refractivity contribution in [3.8, 4) is 0 Å². The Kier molecular flexibility index (Phi) is 5.39. The molecule has 5 nitrogen and oxygen atoms in total. The lowest BCUT2D eigenvalue weighted by Gasteiger charge is -2.30. The largest absolute Gasteiger partial charge is 0.380 e. The predicted molar refractivity (Wildman–Crippen MR) is 87.8 cm³/mol. The summed E-state index contributed by atoms with van der Waals surface area (Å²) in [5.74, 6) is 0.677. The van der Waals surface area contributed by atoms with Crippen molar-refractivity contribution in [1.82, 2.24) is 0 Å². The van der Waals surface area contributed by atoms with E-state index >= 15 is 0 Å². The quantitative estimate of drug-likeness (QED) is 0.668. The van der Waals surface area contributed by atoms with Crippen molar-refractivity contribution in [1.29, 1.82) is 0 Å². The van der Waals surface area contributed by atoms with Gasteiger partial charge in [0.25, 0.3) is 10.9 Å². The predicted octanol–water partition coefficient (Wildman–Crippen LogP) is 1.81. The Morgan fingerprint density at radius 2 is 1.76 bits per heavy atom. The van der Waals surface area contributed by atoms with Crippen LogP contribution in [-0.2, 0) is 0 Å². The van der Waals surface area contributed by atoms with Gasteiger partial charge in [0.2, 0.25) is 0 Å². The van der Waals surface area contributed by atoms with Crippen molar-refractivity contribution >= 4 is 11.4 Å². The van der Waals surface area contributed by atoms with Crippen molar-refractivity contribution in [3.63, 3.8) is 0 Å². The highest BCUT2D eigenvalue weighted by Gasteiger charge is 2.26. The third kappa shape index (κ3) is 3.64. The fourth-order valence-corrected chi connectivity index (χ4v) is 3.25. The van der Waals surface area contributed by atoms with Crippen LogP contribution in [0.15, 0.2) is 9.59 Å². The molecule has 2 atom stereocenters. The molecular weight excluding hydrogens is 266 g/mol. The Hall–Kier alpha value is -1.36. The van der Waals surface area contributed by atoms with E-state index in [0.717, 1.165) is 6.42 Å². The lowest BCUT2D eigenvalue weighted by Crippen LogP contribution is -2.45.